The Balaban J connectivity index is 2.70. The zero-order chi connectivity index (χ0) is 13.1. The average molecular weight is 249 g/mol. The lowest BCUT2D eigenvalue weighted by Gasteiger charge is -2.30. The van der Waals surface area contributed by atoms with Gasteiger partial charge in [-0.1, -0.05) is 5.11 Å². The molecule has 0 spiro atoms. The Morgan fingerprint density at radius 3 is 2.59 bits per heavy atom. The van der Waals surface area contributed by atoms with Crippen LogP contribution in [0, 0.1) is 0 Å². The van der Waals surface area contributed by atoms with E-state index in [-0.39, 0.29) is 13.0 Å². The average Bonchev–Trinajstić information content (AvgIpc) is 2.55. The van der Waals surface area contributed by atoms with Gasteiger partial charge in [0.2, 0.25) is 5.79 Å². The molecular weight excluding hydrogens is 234 g/mol. The van der Waals surface area contributed by atoms with E-state index in [1.165, 1.54) is 0 Å². The third-order valence-corrected chi connectivity index (χ3v) is 2.69. The van der Waals surface area contributed by atoms with E-state index in [4.69, 9.17) is 15.4 Å². The van der Waals surface area contributed by atoms with Crippen molar-refractivity contribution < 1.29 is 30.3 Å². The third kappa shape index (κ3) is 2.67. The van der Waals surface area contributed by atoms with Gasteiger partial charge in [0.15, 0.2) is 0 Å². The van der Waals surface area contributed by atoms with Gasteiger partial charge in [0.25, 0.3) is 0 Å². The molecule has 0 aromatic heterocycles. The van der Waals surface area contributed by atoms with Crippen LogP contribution < -0.4 is 0 Å². The predicted molar refractivity (Wildman–Crippen MR) is 53.6 cm³/mol. The van der Waals surface area contributed by atoms with Crippen LogP contribution >= 0.6 is 0 Å². The molecule has 17 heavy (non-hydrogen) atoms. The quantitative estimate of drug-likeness (QED) is 0.212. The van der Waals surface area contributed by atoms with E-state index in [2.05, 4.69) is 10.0 Å². The predicted octanol–water partition coefficient (Wildman–Crippen LogP) is -2.15. The molecule has 0 aliphatic carbocycles. The number of azide groups is 1. The van der Waals surface area contributed by atoms with Crippen molar-refractivity contribution in [3.8, 4) is 0 Å². The second-order valence-corrected chi connectivity index (χ2v) is 3.79. The van der Waals surface area contributed by atoms with Gasteiger partial charge < -0.3 is 30.3 Å². The van der Waals surface area contributed by atoms with E-state index in [1.54, 1.807) is 0 Å². The summed E-state index contributed by atoms with van der Waals surface area (Å²) in [5, 5.41) is 50.5. The summed E-state index contributed by atoms with van der Waals surface area (Å²) in [4.78, 5) is 2.46. The first-order chi connectivity index (χ1) is 7.97. The maximum atomic E-state index is 9.87. The standard InChI is InChI=1S/C8H15N3O6/c9-11-10-2-1-5(13)8(16)7(15)6(14)4(3-12)17-8/h4-7,12-16H,1-3H2/t4-,5-,6-,7+,8-/m1/s1. The zero-order valence-corrected chi connectivity index (χ0v) is 8.92. The summed E-state index contributed by atoms with van der Waals surface area (Å²) in [6.45, 7) is -0.709. The molecule has 0 amide bonds. The molecule has 1 rings (SSSR count). The van der Waals surface area contributed by atoms with Crippen LogP contribution in [-0.4, -0.2) is 68.9 Å². The Kier molecular flexibility index (Phi) is 4.66. The van der Waals surface area contributed by atoms with Crippen molar-refractivity contribution >= 4 is 0 Å². The fourth-order valence-corrected chi connectivity index (χ4v) is 1.68. The SMILES string of the molecule is [N-]=[N+]=NCC[C@@H](O)[C@@]1(O)O[C@H](CO)[C@@H](O)[C@@H]1O. The minimum atomic E-state index is -2.38. The molecule has 98 valence electrons. The molecule has 5 atom stereocenters. The lowest BCUT2D eigenvalue weighted by Crippen LogP contribution is -2.52. The first-order valence-electron chi connectivity index (χ1n) is 5.03. The molecule has 9 heteroatoms. The van der Waals surface area contributed by atoms with Crippen LogP contribution in [0.15, 0.2) is 5.11 Å². The molecule has 1 aliphatic heterocycles. The van der Waals surface area contributed by atoms with Gasteiger partial charge >= 0.3 is 0 Å². The second kappa shape index (κ2) is 5.61. The number of rotatable bonds is 5. The molecule has 1 heterocycles. The number of nitrogens with zero attached hydrogens (tertiary/aromatic N) is 3. The van der Waals surface area contributed by atoms with Gasteiger partial charge in [-0.05, 0) is 12.0 Å². The lowest BCUT2D eigenvalue weighted by atomic mass is 9.98. The first kappa shape index (κ1) is 14.1. The van der Waals surface area contributed by atoms with Crippen LogP contribution in [0.4, 0.5) is 0 Å². The van der Waals surface area contributed by atoms with Crippen molar-refractivity contribution in [1.82, 2.24) is 0 Å². The largest absolute Gasteiger partial charge is 0.394 e. The minimum absolute atomic E-state index is 0.101. The molecule has 1 aliphatic rings. The maximum absolute atomic E-state index is 9.87. The van der Waals surface area contributed by atoms with Gasteiger partial charge in [-0.3, -0.25) is 0 Å². The highest BCUT2D eigenvalue weighted by Gasteiger charge is 2.56. The summed E-state index contributed by atoms with van der Waals surface area (Å²) in [6, 6.07) is 0. The van der Waals surface area contributed by atoms with E-state index < -0.39 is 36.8 Å². The Morgan fingerprint density at radius 2 is 2.12 bits per heavy atom. The van der Waals surface area contributed by atoms with Crippen molar-refractivity contribution in [3.63, 3.8) is 0 Å². The van der Waals surface area contributed by atoms with E-state index in [0.717, 1.165) is 0 Å². The van der Waals surface area contributed by atoms with Crippen molar-refractivity contribution in [2.45, 2.75) is 36.6 Å². The summed E-state index contributed by atoms with van der Waals surface area (Å²) < 4.78 is 4.84. The fourth-order valence-electron chi connectivity index (χ4n) is 1.68. The molecule has 9 nitrogen and oxygen atoms in total. The van der Waals surface area contributed by atoms with E-state index in [0.29, 0.717) is 0 Å². The molecule has 0 aromatic rings. The fraction of sp³-hybridized carbons (Fsp3) is 1.00. The van der Waals surface area contributed by atoms with Gasteiger partial charge in [0.1, 0.15) is 24.4 Å². The van der Waals surface area contributed by atoms with Crippen LogP contribution in [0.5, 0.6) is 0 Å². The highest BCUT2D eigenvalue weighted by molar-refractivity contribution is 4.99. The van der Waals surface area contributed by atoms with Crippen LogP contribution in [-0.2, 0) is 4.74 Å². The lowest BCUT2D eigenvalue weighted by molar-refractivity contribution is -0.278. The Hall–Kier alpha value is -0.930. The monoisotopic (exact) mass is 249 g/mol. The Labute approximate surface area is 96.5 Å². The molecular formula is C8H15N3O6. The van der Waals surface area contributed by atoms with Crippen LogP contribution in [0.2, 0.25) is 0 Å². The van der Waals surface area contributed by atoms with Crippen LogP contribution in [0.25, 0.3) is 10.4 Å². The summed E-state index contributed by atoms with van der Waals surface area (Å²) in [7, 11) is 0. The van der Waals surface area contributed by atoms with Crippen molar-refractivity contribution in [2.75, 3.05) is 13.2 Å². The number of ether oxygens (including phenoxy) is 1. The summed E-state index contributed by atoms with van der Waals surface area (Å²) in [6.07, 6.45) is -6.12. The third-order valence-electron chi connectivity index (χ3n) is 2.69. The molecule has 5 N–H and O–H groups in total. The second-order valence-electron chi connectivity index (χ2n) is 3.79. The summed E-state index contributed by atoms with van der Waals surface area (Å²) in [5.41, 5.74) is 8.04. The summed E-state index contributed by atoms with van der Waals surface area (Å²) >= 11 is 0. The number of aliphatic hydroxyl groups excluding tert-OH is 4. The highest BCUT2D eigenvalue weighted by atomic mass is 16.7. The van der Waals surface area contributed by atoms with Crippen molar-refractivity contribution in [1.29, 1.82) is 0 Å². The smallest absolute Gasteiger partial charge is 0.222 e. The van der Waals surface area contributed by atoms with Crippen molar-refractivity contribution in [2.24, 2.45) is 5.11 Å². The Bertz CT molecular complexity index is 310. The number of hydrogen-bond donors (Lipinski definition) is 5. The maximum Gasteiger partial charge on any atom is 0.222 e. The molecule has 0 radical (unpaired) electrons. The minimum Gasteiger partial charge on any atom is -0.394 e. The molecule has 0 bridgehead atoms. The van der Waals surface area contributed by atoms with E-state index >= 15 is 0 Å². The van der Waals surface area contributed by atoms with Gasteiger partial charge in [-0.25, -0.2) is 0 Å². The van der Waals surface area contributed by atoms with Gasteiger partial charge in [0, 0.05) is 11.5 Å². The van der Waals surface area contributed by atoms with Gasteiger partial charge in [0.05, 0.1) is 6.61 Å². The molecule has 0 unspecified atom stereocenters. The molecule has 0 aromatic carbocycles. The molecule has 1 saturated heterocycles. The van der Waals surface area contributed by atoms with E-state index in [9.17, 15) is 20.4 Å². The van der Waals surface area contributed by atoms with Crippen LogP contribution in [0.1, 0.15) is 6.42 Å². The number of aliphatic hydroxyl groups is 5. The Morgan fingerprint density at radius 1 is 1.47 bits per heavy atom. The number of hydrogen-bond acceptors (Lipinski definition) is 7. The normalized spacial score (nSPS) is 38.8. The van der Waals surface area contributed by atoms with Gasteiger partial charge in [-0.15, -0.1) is 0 Å². The molecule has 1 fully saturated rings. The summed E-state index contributed by atoms with van der Waals surface area (Å²) in [5.74, 6) is -2.38. The highest BCUT2D eigenvalue weighted by Crippen LogP contribution is 2.33. The van der Waals surface area contributed by atoms with E-state index in [1.807, 2.05) is 0 Å². The topological polar surface area (TPSA) is 159 Å². The zero-order valence-electron chi connectivity index (χ0n) is 8.92. The molecule has 0 saturated carbocycles. The first-order valence-corrected chi connectivity index (χ1v) is 5.03. The van der Waals surface area contributed by atoms with Gasteiger partial charge in [-0.2, -0.15) is 0 Å². The van der Waals surface area contributed by atoms with Crippen LogP contribution in [0.3, 0.4) is 0 Å². The van der Waals surface area contributed by atoms with Crippen molar-refractivity contribution in [3.05, 3.63) is 10.4 Å².